The van der Waals surface area contributed by atoms with Crippen LogP contribution in [0.4, 0.5) is 19.1 Å². The van der Waals surface area contributed by atoms with Crippen molar-refractivity contribution in [2.24, 2.45) is 0 Å². The summed E-state index contributed by atoms with van der Waals surface area (Å²) in [7, 11) is 1.49. The maximum Gasteiger partial charge on any atom is 0.244 e. The summed E-state index contributed by atoms with van der Waals surface area (Å²) in [6, 6.07) is 4.84. The molecule has 2 aliphatic heterocycles. The number of halogens is 3. The van der Waals surface area contributed by atoms with E-state index >= 15 is 4.39 Å². The first-order valence-corrected chi connectivity index (χ1v) is 12.3. The summed E-state index contributed by atoms with van der Waals surface area (Å²) in [5, 5.41) is 7.67. The highest BCUT2D eigenvalue weighted by Gasteiger charge is 2.35. The number of imidazole rings is 1. The predicted molar refractivity (Wildman–Crippen MR) is 132 cm³/mol. The van der Waals surface area contributed by atoms with E-state index in [9.17, 15) is 8.78 Å². The second-order valence-corrected chi connectivity index (χ2v) is 9.53. The number of ether oxygens (including phenoxy) is 2. The van der Waals surface area contributed by atoms with Gasteiger partial charge in [-0.25, -0.2) is 22.7 Å². The van der Waals surface area contributed by atoms with Crippen molar-refractivity contribution in [1.29, 1.82) is 0 Å². The number of likely N-dealkylation sites (tertiary alicyclic amines) is 1. The van der Waals surface area contributed by atoms with Crippen LogP contribution in [0.2, 0.25) is 0 Å². The molecule has 1 aromatic carbocycles. The van der Waals surface area contributed by atoms with E-state index in [4.69, 9.17) is 9.47 Å². The highest BCUT2D eigenvalue weighted by molar-refractivity contribution is 5.90. The Kier molecular flexibility index (Phi) is 6.15. The lowest BCUT2D eigenvalue weighted by molar-refractivity contribution is -0.0794. The average Bonchev–Trinajstić information content (AvgIpc) is 3.41. The third kappa shape index (κ3) is 4.17. The summed E-state index contributed by atoms with van der Waals surface area (Å²) < 4.78 is 57.2. The average molecular weight is 516 g/mol. The van der Waals surface area contributed by atoms with Crippen LogP contribution in [0.15, 0.2) is 24.4 Å². The lowest BCUT2D eigenvalue weighted by atomic mass is 10.0. The van der Waals surface area contributed by atoms with Gasteiger partial charge < -0.3 is 19.4 Å². The SMILES string of the molecule is COc1nc(N[C@H]2CCN(C3COC3)C[C@H]2F)nn2ccc(-c3cc(F)c4nc(C)n(CCF)c4c3)c12. The van der Waals surface area contributed by atoms with Gasteiger partial charge in [-0.2, -0.15) is 4.98 Å². The van der Waals surface area contributed by atoms with Gasteiger partial charge in [-0.1, -0.05) is 0 Å². The minimum Gasteiger partial charge on any atom is -0.479 e. The number of anilines is 1. The second-order valence-electron chi connectivity index (χ2n) is 9.53. The van der Waals surface area contributed by atoms with Crippen molar-refractivity contribution >= 4 is 22.5 Å². The van der Waals surface area contributed by atoms with E-state index in [1.807, 2.05) is 0 Å². The summed E-state index contributed by atoms with van der Waals surface area (Å²) in [5.74, 6) is 0.559. The molecule has 0 radical (unpaired) electrons. The van der Waals surface area contributed by atoms with Gasteiger partial charge in [0.15, 0.2) is 5.82 Å². The molecule has 196 valence electrons. The quantitative estimate of drug-likeness (QED) is 0.404. The number of aryl methyl sites for hydroxylation is 2. The van der Waals surface area contributed by atoms with Crippen LogP contribution in [-0.4, -0.2) is 87.4 Å². The smallest absolute Gasteiger partial charge is 0.244 e. The van der Waals surface area contributed by atoms with Gasteiger partial charge in [0.2, 0.25) is 11.8 Å². The van der Waals surface area contributed by atoms with E-state index < -0.39 is 24.7 Å². The Morgan fingerprint density at radius 1 is 1.24 bits per heavy atom. The zero-order valence-electron chi connectivity index (χ0n) is 20.6. The molecular formula is C25H28F3N7O2. The van der Waals surface area contributed by atoms with Gasteiger partial charge >= 0.3 is 0 Å². The molecule has 2 aliphatic rings. The number of alkyl halides is 2. The van der Waals surface area contributed by atoms with Crippen molar-refractivity contribution in [3.8, 4) is 17.0 Å². The highest BCUT2D eigenvalue weighted by Crippen LogP contribution is 2.34. The fourth-order valence-corrected chi connectivity index (χ4v) is 5.27. The van der Waals surface area contributed by atoms with E-state index in [2.05, 4.69) is 25.3 Å². The van der Waals surface area contributed by atoms with Crippen LogP contribution in [0.5, 0.6) is 5.88 Å². The van der Waals surface area contributed by atoms with E-state index in [-0.39, 0.29) is 23.9 Å². The summed E-state index contributed by atoms with van der Waals surface area (Å²) in [6.07, 6.45) is 1.26. The van der Waals surface area contributed by atoms with E-state index in [1.54, 1.807) is 34.3 Å². The van der Waals surface area contributed by atoms with Crippen molar-refractivity contribution < 1.29 is 22.6 Å². The molecule has 2 atom stereocenters. The Morgan fingerprint density at radius 2 is 2.08 bits per heavy atom. The topological polar surface area (TPSA) is 81.7 Å². The minimum absolute atomic E-state index is 0.0894. The third-order valence-corrected chi connectivity index (χ3v) is 7.31. The number of piperidine rings is 1. The number of methoxy groups -OCH3 is 1. The number of hydrogen-bond donors (Lipinski definition) is 1. The number of benzene rings is 1. The first-order valence-electron chi connectivity index (χ1n) is 12.3. The van der Waals surface area contributed by atoms with Gasteiger partial charge in [0.05, 0.1) is 44.5 Å². The van der Waals surface area contributed by atoms with Crippen molar-refractivity contribution in [2.75, 3.05) is 45.4 Å². The molecule has 2 fully saturated rings. The van der Waals surface area contributed by atoms with Gasteiger partial charge in [0.1, 0.15) is 29.7 Å². The lowest BCUT2D eigenvalue weighted by Gasteiger charge is -2.42. The van der Waals surface area contributed by atoms with Crippen LogP contribution < -0.4 is 10.1 Å². The first kappa shape index (κ1) is 24.0. The van der Waals surface area contributed by atoms with Crippen LogP contribution >= 0.6 is 0 Å². The van der Waals surface area contributed by atoms with Gasteiger partial charge in [-0.05, 0) is 37.1 Å². The molecule has 37 heavy (non-hydrogen) atoms. The zero-order valence-corrected chi connectivity index (χ0v) is 20.6. The molecule has 12 heteroatoms. The molecule has 0 spiro atoms. The highest BCUT2D eigenvalue weighted by atomic mass is 19.1. The Balaban J connectivity index is 1.32. The van der Waals surface area contributed by atoms with Crippen molar-refractivity contribution in [3.63, 3.8) is 0 Å². The van der Waals surface area contributed by atoms with Crippen molar-refractivity contribution in [2.45, 2.75) is 38.1 Å². The molecule has 6 rings (SSSR count). The number of nitrogens with one attached hydrogen (secondary N) is 1. The Labute approximate surface area is 211 Å². The summed E-state index contributed by atoms with van der Waals surface area (Å²) in [5.41, 5.74) is 2.46. The van der Waals surface area contributed by atoms with Gasteiger partial charge in [0.25, 0.3) is 0 Å². The Bertz CT molecular complexity index is 1450. The molecule has 0 unspecified atom stereocenters. The molecule has 2 saturated heterocycles. The molecule has 1 N–H and O–H groups in total. The molecule has 9 nitrogen and oxygen atoms in total. The second kappa shape index (κ2) is 9.49. The maximum atomic E-state index is 15.0. The van der Waals surface area contributed by atoms with Crippen LogP contribution in [0.25, 0.3) is 27.7 Å². The molecule has 0 saturated carbocycles. The van der Waals surface area contributed by atoms with Crippen LogP contribution in [0, 0.1) is 12.7 Å². The summed E-state index contributed by atoms with van der Waals surface area (Å²) >= 11 is 0. The number of aromatic nitrogens is 5. The van der Waals surface area contributed by atoms with E-state index in [0.29, 0.717) is 60.2 Å². The number of hydrogen-bond acceptors (Lipinski definition) is 7. The minimum atomic E-state index is -1.08. The third-order valence-electron chi connectivity index (χ3n) is 7.31. The van der Waals surface area contributed by atoms with Crippen molar-refractivity contribution in [3.05, 3.63) is 36.0 Å². The molecule has 4 aromatic rings. The van der Waals surface area contributed by atoms with E-state index in [1.165, 1.54) is 13.2 Å². The number of rotatable bonds is 7. The van der Waals surface area contributed by atoms with Gasteiger partial charge in [-0.15, -0.1) is 5.10 Å². The largest absolute Gasteiger partial charge is 0.479 e. The van der Waals surface area contributed by atoms with Crippen LogP contribution in [-0.2, 0) is 11.3 Å². The predicted octanol–water partition coefficient (Wildman–Crippen LogP) is 3.39. The molecule has 5 heterocycles. The molecule has 0 bridgehead atoms. The molecule has 0 aliphatic carbocycles. The Morgan fingerprint density at radius 3 is 2.78 bits per heavy atom. The van der Waals surface area contributed by atoms with Crippen LogP contribution in [0.1, 0.15) is 12.2 Å². The fourth-order valence-electron chi connectivity index (χ4n) is 5.27. The monoisotopic (exact) mass is 515 g/mol. The standard InChI is InChI=1S/C25H28F3N7O2/c1-14-29-22-18(27)9-15(10-21(22)34(14)8-5-26)17-3-7-35-23(17)24(36-2)31-25(32-35)30-20-4-6-33(11-19(20)28)16-12-37-13-16/h3,7,9-10,16,19-20H,4-6,8,11-13H2,1-2H3,(H,30,32)/t19-,20+/m1/s1. The Hall–Kier alpha value is -3.38. The molecular weight excluding hydrogens is 487 g/mol. The lowest BCUT2D eigenvalue weighted by Crippen LogP contribution is -2.57. The number of nitrogens with zero attached hydrogens (tertiary/aromatic N) is 6. The maximum absolute atomic E-state index is 15.0. The van der Waals surface area contributed by atoms with Crippen molar-refractivity contribution in [1.82, 2.24) is 29.0 Å². The fraction of sp³-hybridized carbons (Fsp3) is 0.480. The van der Waals surface area contributed by atoms with E-state index in [0.717, 1.165) is 6.54 Å². The van der Waals surface area contributed by atoms with Gasteiger partial charge in [-0.3, -0.25) is 4.90 Å². The molecule has 0 amide bonds. The zero-order chi connectivity index (χ0) is 25.7. The number of fused-ring (bicyclic) bond motifs is 2. The normalized spacial score (nSPS) is 21.0. The molecule has 3 aromatic heterocycles. The summed E-state index contributed by atoms with van der Waals surface area (Å²) in [4.78, 5) is 10.9. The summed E-state index contributed by atoms with van der Waals surface area (Å²) in [6.45, 7) is 3.65. The first-order chi connectivity index (χ1) is 18.0. The van der Waals surface area contributed by atoms with Gasteiger partial charge in [0, 0.05) is 24.8 Å². The van der Waals surface area contributed by atoms with Crippen LogP contribution in [0.3, 0.4) is 0 Å².